The first-order valence-electron chi connectivity index (χ1n) is 12.8. The van der Waals surface area contributed by atoms with Gasteiger partial charge in [-0.05, 0) is 82.7 Å². The van der Waals surface area contributed by atoms with Crippen molar-refractivity contribution < 1.29 is 17.9 Å². The first-order valence-corrected chi connectivity index (χ1v) is 14.4. The summed E-state index contributed by atoms with van der Waals surface area (Å²) in [7, 11) is -3.54. The molecule has 0 unspecified atom stereocenters. The highest BCUT2D eigenvalue weighted by Gasteiger charge is 2.35. The van der Waals surface area contributed by atoms with Crippen LogP contribution in [0.15, 0.2) is 27.9 Å². The number of carbonyl (C=O) groups is 1. The molecule has 0 atom stereocenters. The molecule has 2 fully saturated rings. The fourth-order valence-electron chi connectivity index (χ4n) is 5.23. The van der Waals surface area contributed by atoms with Gasteiger partial charge in [0.05, 0.1) is 10.1 Å². The van der Waals surface area contributed by atoms with Crippen LogP contribution in [0.2, 0.25) is 0 Å². The number of ether oxygens (including phenoxy) is 1. The average Bonchev–Trinajstić information content (AvgIpc) is 2.79. The van der Waals surface area contributed by atoms with Crippen molar-refractivity contribution in [2.45, 2.75) is 82.5 Å². The van der Waals surface area contributed by atoms with Crippen molar-refractivity contribution >= 4 is 21.4 Å². The van der Waals surface area contributed by atoms with Crippen LogP contribution in [0.5, 0.6) is 0 Å². The maximum absolute atomic E-state index is 13.4. The van der Waals surface area contributed by atoms with Crippen molar-refractivity contribution in [2.24, 2.45) is 0 Å². The van der Waals surface area contributed by atoms with Gasteiger partial charge < -0.3 is 19.9 Å². The van der Waals surface area contributed by atoms with Crippen LogP contribution in [0.1, 0.15) is 71.8 Å². The first-order chi connectivity index (χ1) is 17.1. The van der Waals surface area contributed by atoms with E-state index in [-0.39, 0.29) is 28.9 Å². The molecule has 2 N–H and O–H groups in total. The van der Waals surface area contributed by atoms with Crippen molar-refractivity contribution in [3.8, 4) is 0 Å². The number of nitrogens with one attached hydrogen (secondary N) is 2. The number of H-pyrrole nitrogens is 1. The minimum absolute atomic E-state index is 0.0616. The van der Waals surface area contributed by atoms with Gasteiger partial charge in [-0.2, -0.15) is 0 Å². The highest BCUT2D eigenvalue weighted by atomic mass is 32.2. The summed E-state index contributed by atoms with van der Waals surface area (Å²) in [6.07, 6.45) is 3.91. The quantitative estimate of drug-likeness (QED) is 0.557. The fraction of sp³-hybridized carbons (Fsp3) is 0.556. The number of hydrogen-bond acceptors (Lipinski definition) is 6. The largest absolute Gasteiger partial charge is 0.381 e. The van der Waals surface area contributed by atoms with Crippen LogP contribution in [-0.4, -0.2) is 50.4 Å². The third-order valence-electron chi connectivity index (χ3n) is 7.62. The highest BCUT2D eigenvalue weighted by Crippen LogP contribution is 2.36. The van der Waals surface area contributed by atoms with E-state index in [4.69, 9.17) is 4.74 Å². The van der Waals surface area contributed by atoms with E-state index in [1.807, 2.05) is 33.8 Å². The smallest absolute Gasteiger partial charge is 0.253 e. The van der Waals surface area contributed by atoms with Crippen LogP contribution < -0.4 is 15.8 Å². The van der Waals surface area contributed by atoms with Crippen molar-refractivity contribution in [1.29, 1.82) is 0 Å². The second-order valence-corrected chi connectivity index (χ2v) is 12.2. The topological polar surface area (TPSA) is 109 Å². The van der Waals surface area contributed by atoms with Gasteiger partial charge >= 0.3 is 0 Å². The van der Waals surface area contributed by atoms with E-state index >= 15 is 0 Å². The molecule has 9 heteroatoms. The lowest BCUT2D eigenvalue weighted by Crippen LogP contribution is -2.40. The molecule has 1 saturated heterocycles. The lowest BCUT2D eigenvalue weighted by Gasteiger charge is -2.37. The minimum Gasteiger partial charge on any atom is -0.381 e. The lowest BCUT2D eigenvalue weighted by molar-refractivity contribution is 0.0845. The van der Waals surface area contributed by atoms with Crippen LogP contribution in [0.3, 0.4) is 0 Å². The van der Waals surface area contributed by atoms with Crippen LogP contribution >= 0.6 is 0 Å². The van der Waals surface area contributed by atoms with E-state index in [0.717, 1.165) is 41.8 Å². The van der Waals surface area contributed by atoms with Gasteiger partial charge in [0.2, 0.25) is 0 Å². The molecule has 0 spiro atoms. The molecule has 2 aromatic rings. The summed E-state index contributed by atoms with van der Waals surface area (Å²) in [6, 6.07) is 5.36. The number of hydrogen-bond donors (Lipinski definition) is 2. The first kappa shape index (κ1) is 26.4. The molecule has 4 rings (SSSR count). The Bertz CT molecular complexity index is 1290. The molecule has 0 radical (unpaired) electrons. The number of anilines is 1. The molecular weight excluding hydrogens is 478 g/mol. The van der Waals surface area contributed by atoms with Crippen molar-refractivity contribution in [3.63, 3.8) is 0 Å². The zero-order chi connectivity index (χ0) is 26.0. The summed E-state index contributed by atoms with van der Waals surface area (Å²) < 4.78 is 32.4. The van der Waals surface area contributed by atoms with Crippen LogP contribution in [0.25, 0.3) is 0 Å². The number of carbonyl (C=O) groups excluding carboxylic acids is 1. The zero-order valence-corrected chi connectivity index (χ0v) is 22.5. The number of nitrogens with zero attached hydrogens (tertiary/aromatic N) is 1. The summed E-state index contributed by atoms with van der Waals surface area (Å²) >= 11 is 0. The number of aromatic nitrogens is 1. The Kier molecular flexibility index (Phi) is 7.90. The van der Waals surface area contributed by atoms with Gasteiger partial charge in [0.1, 0.15) is 0 Å². The molecule has 1 aliphatic carbocycles. The Balaban J connectivity index is 1.72. The molecule has 196 valence electrons. The second kappa shape index (κ2) is 10.8. The molecule has 1 aromatic heterocycles. The normalized spacial score (nSPS) is 17.0. The van der Waals surface area contributed by atoms with Crippen LogP contribution in [0, 0.1) is 20.8 Å². The highest BCUT2D eigenvalue weighted by molar-refractivity contribution is 7.92. The molecule has 0 bridgehead atoms. The molecule has 2 aliphatic rings. The Morgan fingerprint density at radius 2 is 1.81 bits per heavy atom. The summed E-state index contributed by atoms with van der Waals surface area (Å²) in [5, 5.41) is 2.47. The minimum atomic E-state index is -3.54. The van der Waals surface area contributed by atoms with E-state index in [0.29, 0.717) is 43.7 Å². The summed E-state index contributed by atoms with van der Waals surface area (Å²) in [5.41, 5.74) is 3.66. The van der Waals surface area contributed by atoms with Gasteiger partial charge in [0, 0.05) is 54.9 Å². The van der Waals surface area contributed by atoms with Gasteiger partial charge in [-0.25, -0.2) is 8.42 Å². The van der Waals surface area contributed by atoms with Gasteiger partial charge in [-0.3, -0.25) is 9.59 Å². The monoisotopic (exact) mass is 515 g/mol. The third-order valence-corrected chi connectivity index (χ3v) is 9.86. The van der Waals surface area contributed by atoms with Crippen molar-refractivity contribution in [2.75, 3.05) is 24.7 Å². The number of rotatable bonds is 8. The molecule has 1 saturated carbocycles. The number of amides is 1. The maximum Gasteiger partial charge on any atom is 0.253 e. The number of aromatic amines is 1. The maximum atomic E-state index is 13.4. The molecular formula is C27H37N3O5S. The summed E-state index contributed by atoms with van der Waals surface area (Å²) in [6.45, 7) is 9.66. The van der Waals surface area contributed by atoms with Gasteiger partial charge in [-0.1, -0.05) is 6.42 Å². The van der Waals surface area contributed by atoms with Gasteiger partial charge in [-0.15, -0.1) is 0 Å². The van der Waals surface area contributed by atoms with Gasteiger partial charge in [0.25, 0.3) is 11.5 Å². The molecule has 1 aromatic carbocycles. The molecule has 1 amide bonds. The van der Waals surface area contributed by atoms with Gasteiger partial charge in [0.15, 0.2) is 9.84 Å². The average molecular weight is 516 g/mol. The number of pyridine rings is 1. The zero-order valence-electron chi connectivity index (χ0n) is 21.6. The Morgan fingerprint density at radius 1 is 1.11 bits per heavy atom. The van der Waals surface area contributed by atoms with E-state index in [2.05, 4.69) is 15.2 Å². The summed E-state index contributed by atoms with van der Waals surface area (Å²) in [4.78, 5) is 31.1. The lowest BCUT2D eigenvalue weighted by atomic mass is 10.00. The predicted octanol–water partition coefficient (Wildman–Crippen LogP) is 3.56. The Morgan fingerprint density at radius 3 is 2.39 bits per heavy atom. The number of sulfone groups is 1. The SMILES string of the molecule is CCN(c1cc(S(=O)(=O)C2CCC2)cc(C(=O)NCc2c(C)cc(C)[nH]c2=O)c1C)C1CCOCC1. The number of aryl methyl sites for hydroxylation is 2. The molecule has 36 heavy (non-hydrogen) atoms. The van der Waals surface area contributed by atoms with E-state index in [1.54, 1.807) is 6.07 Å². The molecule has 8 nitrogen and oxygen atoms in total. The van der Waals surface area contributed by atoms with Crippen molar-refractivity contribution in [1.82, 2.24) is 10.3 Å². The third kappa shape index (κ3) is 5.22. The fourth-order valence-corrected chi connectivity index (χ4v) is 7.13. The summed E-state index contributed by atoms with van der Waals surface area (Å²) in [5.74, 6) is -0.387. The van der Waals surface area contributed by atoms with E-state index in [1.165, 1.54) is 6.07 Å². The Hall–Kier alpha value is -2.65. The van der Waals surface area contributed by atoms with Crippen molar-refractivity contribution in [3.05, 3.63) is 56.5 Å². The number of benzene rings is 1. The predicted molar refractivity (Wildman–Crippen MR) is 141 cm³/mol. The Labute approximate surface area is 213 Å². The molecule has 1 aliphatic heterocycles. The molecule has 2 heterocycles. The van der Waals surface area contributed by atoms with Crippen LogP contribution in [0.4, 0.5) is 5.69 Å². The van der Waals surface area contributed by atoms with E-state index < -0.39 is 15.1 Å². The van der Waals surface area contributed by atoms with E-state index in [9.17, 15) is 18.0 Å². The standard InChI is InChI=1S/C27H37N3O5S/c1-5-30(20-9-11-35-12-10-20)25-15-22(36(33,34)21-7-6-8-21)14-23(19(25)4)26(31)28-16-24-17(2)13-18(3)29-27(24)32/h13-15,20-21H,5-12,16H2,1-4H3,(H,28,31)(H,29,32). The second-order valence-electron chi connectivity index (χ2n) is 9.97. The van der Waals surface area contributed by atoms with Crippen LogP contribution in [-0.2, 0) is 21.1 Å².